The van der Waals surface area contributed by atoms with Crippen molar-refractivity contribution in [3.8, 4) is 11.8 Å². The Morgan fingerprint density at radius 3 is 2.66 bits per heavy atom. The molecule has 4 rings (SSSR count). The number of carbonyl (C=O) groups excluding carboxylic acids is 1. The highest BCUT2D eigenvalue weighted by Gasteiger charge is 2.59. The second-order valence-electron chi connectivity index (χ2n) is 7.90. The highest BCUT2D eigenvalue weighted by atomic mass is 35.5. The van der Waals surface area contributed by atoms with Crippen molar-refractivity contribution in [3.05, 3.63) is 33.5 Å². The molecule has 0 saturated heterocycles. The van der Waals surface area contributed by atoms with E-state index in [4.69, 9.17) is 11.6 Å². The largest absolute Gasteiger partial charge is 0.389 e. The number of anilines is 1. The van der Waals surface area contributed by atoms with Gasteiger partial charge in [0.15, 0.2) is 17.0 Å². The van der Waals surface area contributed by atoms with E-state index >= 15 is 0 Å². The molecule has 0 bridgehead atoms. The van der Waals surface area contributed by atoms with Gasteiger partial charge in [-0.25, -0.2) is 15.0 Å². The Morgan fingerprint density at radius 2 is 2.03 bits per heavy atom. The van der Waals surface area contributed by atoms with E-state index in [-0.39, 0.29) is 11.7 Å². The first kappa shape index (κ1) is 22.5. The second-order valence-corrected chi connectivity index (χ2v) is 9.62. The van der Waals surface area contributed by atoms with Gasteiger partial charge >= 0.3 is 0 Å². The molecule has 5 atom stereocenters. The minimum absolute atomic E-state index is 0.267. The van der Waals surface area contributed by atoms with Crippen LogP contribution in [0.1, 0.15) is 30.6 Å². The van der Waals surface area contributed by atoms with Gasteiger partial charge in [-0.2, -0.15) is 0 Å². The van der Waals surface area contributed by atoms with Crippen LogP contribution >= 0.6 is 22.9 Å². The maximum atomic E-state index is 12.6. The topological polar surface area (TPSA) is 125 Å². The number of carbonyl (C=O) groups is 1. The summed E-state index contributed by atoms with van der Waals surface area (Å²) in [6, 6.07) is 2.96. The molecule has 0 radical (unpaired) electrons. The Bertz CT molecular complexity index is 1250. The van der Waals surface area contributed by atoms with E-state index in [1.54, 1.807) is 30.9 Å². The van der Waals surface area contributed by atoms with Crippen LogP contribution in [0.4, 0.5) is 5.82 Å². The maximum Gasteiger partial charge on any atom is 0.228 e. The van der Waals surface area contributed by atoms with Crippen molar-refractivity contribution in [2.24, 2.45) is 11.3 Å². The van der Waals surface area contributed by atoms with Crippen molar-refractivity contribution in [1.29, 1.82) is 0 Å². The molecule has 32 heavy (non-hydrogen) atoms. The maximum absolute atomic E-state index is 12.6. The van der Waals surface area contributed by atoms with Gasteiger partial charge in [0.05, 0.1) is 33.1 Å². The highest BCUT2D eigenvalue weighted by molar-refractivity contribution is 7.16. The van der Waals surface area contributed by atoms with Crippen LogP contribution in [0.25, 0.3) is 11.2 Å². The van der Waals surface area contributed by atoms with Gasteiger partial charge in [-0.05, 0) is 36.8 Å². The number of aliphatic hydroxyl groups excluding tert-OH is 2. The van der Waals surface area contributed by atoms with Gasteiger partial charge in [0, 0.05) is 14.1 Å². The Hall–Kier alpha value is -2.71. The van der Waals surface area contributed by atoms with Crippen molar-refractivity contribution in [2.75, 3.05) is 19.4 Å². The summed E-state index contributed by atoms with van der Waals surface area (Å²) in [4.78, 5) is 26.8. The summed E-state index contributed by atoms with van der Waals surface area (Å²) >= 11 is 7.32. The van der Waals surface area contributed by atoms with E-state index in [2.05, 4.69) is 37.4 Å². The summed E-state index contributed by atoms with van der Waals surface area (Å²) in [7, 11) is 3.23. The Morgan fingerprint density at radius 1 is 1.28 bits per heavy atom. The summed E-state index contributed by atoms with van der Waals surface area (Å²) in [5, 5.41) is 27.3. The predicted octanol–water partition coefficient (Wildman–Crippen LogP) is 1.65. The van der Waals surface area contributed by atoms with Crippen LogP contribution in [0.5, 0.6) is 0 Å². The number of hydrogen-bond donors (Lipinski definition) is 4. The predicted molar refractivity (Wildman–Crippen MR) is 123 cm³/mol. The minimum Gasteiger partial charge on any atom is -0.389 e. The lowest BCUT2D eigenvalue weighted by Crippen LogP contribution is -2.47. The molecule has 3 aromatic heterocycles. The number of halogens is 1. The molecule has 1 saturated carbocycles. The quantitative estimate of drug-likeness (QED) is 0.425. The number of aliphatic hydroxyl groups is 2. The third-order valence-electron chi connectivity index (χ3n) is 6.31. The Balaban J connectivity index is 1.82. The van der Waals surface area contributed by atoms with Crippen LogP contribution in [0.2, 0.25) is 4.34 Å². The number of fused-ring (bicyclic) bond motifs is 1. The molecule has 1 fully saturated rings. The number of amides is 1. The Labute approximate surface area is 193 Å². The number of hydrogen-bond acceptors (Lipinski definition) is 8. The molecular formula is C21H23ClN6O3S. The molecular weight excluding hydrogens is 452 g/mol. The van der Waals surface area contributed by atoms with E-state index < -0.39 is 29.6 Å². The van der Waals surface area contributed by atoms with Gasteiger partial charge in [-0.3, -0.25) is 4.79 Å². The van der Waals surface area contributed by atoms with Crippen LogP contribution in [0, 0.1) is 23.2 Å². The van der Waals surface area contributed by atoms with E-state index in [1.165, 1.54) is 18.4 Å². The molecule has 11 heteroatoms. The lowest BCUT2D eigenvalue weighted by molar-refractivity contribution is -0.139. The standard InChI is InChI=1S/C21H23ClN6O3S/c1-10-15(16(29)17(30)21(10,2)20(31)24-4)28-9-25-14-18(23-3)26-13(27-19(14)28)8-6-11-5-7-12(22)32-11/h5,7,9-10,15-17,29-30H,1-4H3,(H,24,31)(H,23,26,27)/t10-,15-,16+,17+,21+/m1/s1. The lowest BCUT2D eigenvalue weighted by Gasteiger charge is -2.31. The van der Waals surface area contributed by atoms with Gasteiger partial charge in [-0.15, -0.1) is 11.3 Å². The molecule has 0 aliphatic heterocycles. The zero-order valence-corrected chi connectivity index (χ0v) is 19.5. The number of nitrogens with one attached hydrogen (secondary N) is 2. The summed E-state index contributed by atoms with van der Waals surface area (Å²) in [5.74, 6) is 5.94. The fraction of sp³-hybridized carbons (Fsp3) is 0.429. The van der Waals surface area contributed by atoms with Crippen molar-refractivity contribution >= 4 is 45.8 Å². The van der Waals surface area contributed by atoms with E-state index in [0.29, 0.717) is 21.3 Å². The van der Waals surface area contributed by atoms with Crippen LogP contribution < -0.4 is 10.6 Å². The van der Waals surface area contributed by atoms with Crippen LogP contribution in [-0.2, 0) is 4.79 Å². The Kier molecular flexibility index (Phi) is 5.85. The van der Waals surface area contributed by atoms with E-state index in [1.807, 2.05) is 13.0 Å². The number of rotatable bonds is 3. The number of aromatic nitrogens is 4. The number of imidazole rings is 1. The fourth-order valence-corrected chi connectivity index (χ4v) is 5.24. The molecule has 3 aromatic rings. The molecule has 168 valence electrons. The van der Waals surface area contributed by atoms with E-state index in [9.17, 15) is 15.0 Å². The first-order valence-electron chi connectivity index (χ1n) is 10.00. The number of nitrogens with zero attached hydrogens (tertiary/aromatic N) is 4. The van der Waals surface area contributed by atoms with Gasteiger partial charge in [0.2, 0.25) is 11.7 Å². The van der Waals surface area contributed by atoms with Crippen molar-refractivity contribution < 1.29 is 15.0 Å². The van der Waals surface area contributed by atoms with Crippen molar-refractivity contribution in [3.63, 3.8) is 0 Å². The summed E-state index contributed by atoms with van der Waals surface area (Å²) in [6.45, 7) is 3.48. The minimum atomic E-state index is -1.26. The molecule has 1 aliphatic rings. The summed E-state index contributed by atoms with van der Waals surface area (Å²) in [6.07, 6.45) is -0.905. The average Bonchev–Trinajstić information content (AvgIpc) is 3.45. The van der Waals surface area contributed by atoms with E-state index in [0.717, 1.165) is 4.88 Å². The normalized spacial score (nSPS) is 27.2. The number of thiophene rings is 1. The first-order valence-corrected chi connectivity index (χ1v) is 11.2. The van der Waals surface area contributed by atoms with Crippen molar-refractivity contribution in [2.45, 2.75) is 32.1 Å². The third kappa shape index (κ3) is 3.42. The lowest BCUT2D eigenvalue weighted by atomic mass is 9.77. The molecule has 9 nitrogen and oxygen atoms in total. The SMILES string of the molecule is CNC(=O)[C@@]1(C)[C@H](C)[C@@H](n2cnc3c(NC)nc(C#Cc4ccc(Cl)s4)nc32)[C@H](O)[C@@H]1O. The molecule has 1 amide bonds. The summed E-state index contributed by atoms with van der Waals surface area (Å²) in [5.41, 5.74) is -0.239. The average molecular weight is 475 g/mol. The second kappa shape index (κ2) is 8.33. The molecule has 0 unspecified atom stereocenters. The molecule has 0 aromatic carbocycles. The zero-order valence-electron chi connectivity index (χ0n) is 17.9. The highest BCUT2D eigenvalue weighted by Crippen LogP contribution is 2.50. The zero-order chi connectivity index (χ0) is 23.2. The van der Waals surface area contributed by atoms with Gasteiger partial charge in [0.25, 0.3) is 0 Å². The van der Waals surface area contributed by atoms with Crippen molar-refractivity contribution in [1.82, 2.24) is 24.8 Å². The van der Waals surface area contributed by atoms with Gasteiger partial charge in [0.1, 0.15) is 6.10 Å². The first-order chi connectivity index (χ1) is 15.2. The third-order valence-corrected chi connectivity index (χ3v) is 7.46. The van der Waals surface area contributed by atoms with Gasteiger partial charge < -0.3 is 25.4 Å². The fourth-order valence-electron chi connectivity index (χ4n) is 4.34. The van der Waals surface area contributed by atoms with Crippen LogP contribution in [0.15, 0.2) is 18.5 Å². The molecule has 0 spiro atoms. The molecule has 3 heterocycles. The summed E-state index contributed by atoms with van der Waals surface area (Å²) < 4.78 is 2.33. The van der Waals surface area contributed by atoms with Gasteiger partial charge in [-0.1, -0.05) is 18.5 Å². The monoisotopic (exact) mass is 474 g/mol. The smallest absolute Gasteiger partial charge is 0.228 e. The van der Waals surface area contributed by atoms with Crippen LogP contribution in [-0.4, -0.2) is 61.9 Å². The molecule has 1 aliphatic carbocycles. The van der Waals surface area contributed by atoms with Crippen LogP contribution in [0.3, 0.4) is 0 Å². The molecule has 4 N–H and O–H groups in total.